The highest BCUT2D eigenvalue weighted by Gasteiger charge is 2.30. The minimum absolute atomic E-state index is 0.227. The molecule has 1 aliphatic carbocycles. The molecule has 1 aliphatic heterocycles. The van der Waals surface area contributed by atoms with Gasteiger partial charge in [0.2, 0.25) is 0 Å². The Morgan fingerprint density at radius 2 is 1.77 bits per heavy atom. The second kappa shape index (κ2) is 10.1. The first kappa shape index (κ1) is 24.0. The minimum atomic E-state index is -3.98. The number of aromatic nitrogens is 1. The molecule has 0 bridgehead atoms. The fourth-order valence-electron chi connectivity index (χ4n) is 4.73. The molecule has 9 heteroatoms. The van der Waals surface area contributed by atoms with E-state index < -0.39 is 16.1 Å². The van der Waals surface area contributed by atoms with E-state index in [0.717, 1.165) is 40.4 Å². The number of amides is 1. The normalized spacial score (nSPS) is 17.4. The van der Waals surface area contributed by atoms with Crippen LogP contribution in [0.4, 0.5) is 0 Å². The van der Waals surface area contributed by atoms with Gasteiger partial charge in [-0.1, -0.05) is 54.4 Å². The van der Waals surface area contributed by atoms with Gasteiger partial charge in [0.25, 0.3) is 5.91 Å². The van der Waals surface area contributed by atoms with Crippen molar-refractivity contribution in [2.75, 3.05) is 26.3 Å². The van der Waals surface area contributed by atoms with E-state index in [-0.39, 0.29) is 13.1 Å². The fraction of sp³-hybridized carbons (Fsp3) is 0.423. The van der Waals surface area contributed by atoms with Crippen LogP contribution in [0.2, 0.25) is 0 Å². The van der Waals surface area contributed by atoms with Gasteiger partial charge in [-0.25, -0.2) is 4.72 Å². The molecule has 0 spiro atoms. The maximum Gasteiger partial charge on any atom is 0.304 e. The summed E-state index contributed by atoms with van der Waals surface area (Å²) < 4.78 is 36.9. The fourth-order valence-corrected chi connectivity index (χ4v) is 5.82. The molecule has 0 unspecified atom stereocenters. The third kappa shape index (κ3) is 5.13. The van der Waals surface area contributed by atoms with E-state index in [2.05, 4.69) is 10.0 Å². The summed E-state index contributed by atoms with van der Waals surface area (Å²) in [6.07, 6.45) is 3.45. The molecule has 1 saturated carbocycles. The average Bonchev–Trinajstić information content (AvgIpc) is 3.13. The number of aryl methyl sites for hydroxylation is 1. The van der Waals surface area contributed by atoms with Crippen molar-refractivity contribution in [3.63, 3.8) is 0 Å². The molecule has 2 N–H and O–H groups in total. The van der Waals surface area contributed by atoms with E-state index in [0.29, 0.717) is 38.0 Å². The van der Waals surface area contributed by atoms with Crippen LogP contribution in [0.5, 0.6) is 0 Å². The van der Waals surface area contributed by atoms with Crippen molar-refractivity contribution in [3.05, 3.63) is 70.9 Å². The topological polar surface area (TPSA) is 92.7 Å². The number of rotatable bonds is 8. The summed E-state index contributed by atoms with van der Waals surface area (Å²) >= 11 is 0. The number of fused-ring (bicyclic) bond motifs is 1. The first-order valence-corrected chi connectivity index (χ1v) is 13.7. The van der Waals surface area contributed by atoms with Crippen molar-refractivity contribution in [3.8, 4) is 0 Å². The summed E-state index contributed by atoms with van der Waals surface area (Å²) in [6.45, 7) is 4.10. The van der Waals surface area contributed by atoms with E-state index in [9.17, 15) is 13.2 Å². The Morgan fingerprint density at radius 1 is 1.06 bits per heavy atom. The van der Waals surface area contributed by atoms with Crippen LogP contribution >= 0.6 is 0 Å². The number of morpholine rings is 1. The molecule has 0 atom stereocenters. The zero-order chi connectivity index (χ0) is 24.4. The van der Waals surface area contributed by atoms with E-state index >= 15 is 0 Å². The van der Waals surface area contributed by atoms with Gasteiger partial charge in [0.05, 0.1) is 13.2 Å². The number of hydrogen-bond donors (Lipinski definition) is 2. The van der Waals surface area contributed by atoms with Crippen molar-refractivity contribution in [1.29, 1.82) is 0 Å². The Kier molecular flexibility index (Phi) is 6.93. The Morgan fingerprint density at radius 3 is 2.46 bits per heavy atom. The quantitative estimate of drug-likeness (QED) is 0.500. The molecule has 1 saturated heterocycles. The zero-order valence-corrected chi connectivity index (χ0v) is 20.8. The lowest BCUT2D eigenvalue weighted by atomic mass is 9.93. The van der Waals surface area contributed by atoms with Gasteiger partial charge in [0, 0.05) is 48.7 Å². The number of nitrogens with one attached hydrogen (secondary N) is 2. The molecule has 2 aliphatic rings. The maximum atomic E-state index is 13.7. The molecule has 3 aromatic rings. The standard InChI is InChI=1S/C26H32N4O4S/c1-19-9-11-20(12-10-19)18-30-24-8-3-2-7-22(24)23(17-27-21-5-4-6-21)25(30)26(31)28-35(32,33)29-13-15-34-16-14-29/h2-3,7-12,21,27H,4-6,13-18H2,1H3,(H,28,31). The molecule has 186 valence electrons. The van der Waals surface area contributed by atoms with Crippen LogP contribution in [0.15, 0.2) is 48.5 Å². The molecule has 2 aromatic carbocycles. The lowest BCUT2D eigenvalue weighted by molar-refractivity contribution is 0.0718. The number of benzene rings is 2. The highest BCUT2D eigenvalue weighted by atomic mass is 32.2. The Bertz CT molecular complexity index is 1310. The predicted octanol–water partition coefficient (Wildman–Crippen LogP) is 2.95. The van der Waals surface area contributed by atoms with Gasteiger partial charge in [-0.05, 0) is 31.4 Å². The molecule has 35 heavy (non-hydrogen) atoms. The first-order valence-electron chi connectivity index (χ1n) is 12.2. The first-order chi connectivity index (χ1) is 16.9. The van der Waals surface area contributed by atoms with Gasteiger partial charge in [-0.2, -0.15) is 12.7 Å². The molecule has 8 nitrogen and oxygen atoms in total. The van der Waals surface area contributed by atoms with Crippen LogP contribution in [-0.2, 0) is 28.0 Å². The third-order valence-corrected chi connectivity index (χ3v) is 8.44. The van der Waals surface area contributed by atoms with Crippen molar-refractivity contribution >= 4 is 27.0 Å². The largest absolute Gasteiger partial charge is 0.379 e. The monoisotopic (exact) mass is 496 g/mol. The summed E-state index contributed by atoms with van der Waals surface area (Å²) in [5.41, 5.74) is 4.32. The number of hydrogen-bond acceptors (Lipinski definition) is 5. The van der Waals surface area contributed by atoms with Gasteiger partial charge in [-0.3, -0.25) is 4.79 Å². The van der Waals surface area contributed by atoms with E-state index in [1.165, 1.54) is 10.7 Å². The molecular weight excluding hydrogens is 464 g/mol. The summed E-state index contributed by atoms with van der Waals surface area (Å²) in [7, 11) is -3.98. The summed E-state index contributed by atoms with van der Waals surface area (Å²) in [5, 5.41) is 4.52. The lowest BCUT2D eigenvalue weighted by Gasteiger charge is -2.27. The number of para-hydroxylation sites is 1. The van der Waals surface area contributed by atoms with Gasteiger partial charge < -0.3 is 14.6 Å². The Labute approximate surface area is 206 Å². The van der Waals surface area contributed by atoms with Gasteiger partial charge in [0.1, 0.15) is 5.69 Å². The van der Waals surface area contributed by atoms with Gasteiger partial charge >= 0.3 is 10.2 Å². The van der Waals surface area contributed by atoms with Crippen LogP contribution in [0.25, 0.3) is 10.9 Å². The van der Waals surface area contributed by atoms with Crippen molar-refractivity contribution in [2.24, 2.45) is 0 Å². The summed E-state index contributed by atoms with van der Waals surface area (Å²) in [4.78, 5) is 13.7. The van der Waals surface area contributed by atoms with Crippen LogP contribution in [0.1, 0.15) is 46.4 Å². The van der Waals surface area contributed by atoms with Crippen LogP contribution in [0.3, 0.4) is 0 Å². The van der Waals surface area contributed by atoms with Crippen LogP contribution < -0.4 is 10.0 Å². The summed E-state index contributed by atoms with van der Waals surface area (Å²) in [6, 6.07) is 16.5. The SMILES string of the molecule is Cc1ccc(Cn2c(C(=O)NS(=O)(=O)N3CCOCC3)c(CNC3CCC3)c3ccccc32)cc1. The van der Waals surface area contributed by atoms with Crippen molar-refractivity contribution < 1.29 is 17.9 Å². The molecule has 0 radical (unpaired) electrons. The average molecular weight is 497 g/mol. The Hall–Kier alpha value is -2.72. The van der Waals surface area contributed by atoms with Crippen LogP contribution in [0, 0.1) is 6.92 Å². The number of carbonyl (C=O) groups is 1. The second-order valence-corrected chi connectivity index (χ2v) is 11.0. The molecule has 5 rings (SSSR count). The van der Waals surface area contributed by atoms with E-state index in [4.69, 9.17) is 4.74 Å². The predicted molar refractivity (Wildman–Crippen MR) is 135 cm³/mol. The molecule has 1 amide bonds. The third-order valence-electron chi connectivity index (χ3n) is 6.96. The lowest BCUT2D eigenvalue weighted by Crippen LogP contribution is -2.48. The van der Waals surface area contributed by atoms with Crippen molar-refractivity contribution in [1.82, 2.24) is 18.9 Å². The Balaban J connectivity index is 1.55. The number of nitrogens with zero attached hydrogens (tertiary/aromatic N) is 2. The summed E-state index contributed by atoms with van der Waals surface area (Å²) in [5.74, 6) is -0.606. The van der Waals surface area contributed by atoms with Crippen LogP contribution in [-0.4, -0.2) is 55.5 Å². The molecule has 2 heterocycles. The van der Waals surface area contributed by atoms with Gasteiger partial charge in [-0.15, -0.1) is 0 Å². The van der Waals surface area contributed by atoms with Crippen molar-refractivity contribution in [2.45, 2.75) is 45.3 Å². The highest BCUT2D eigenvalue weighted by molar-refractivity contribution is 7.87. The molecular formula is C26H32N4O4S. The smallest absolute Gasteiger partial charge is 0.304 e. The van der Waals surface area contributed by atoms with Gasteiger partial charge in [0.15, 0.2) is 0 Å². The maximum absolute atomic E-state index is 13.7. The molecule has 2 fully saturated rings. The highest BCUT2D eigenvalue weighted by Crippen LogP contribution is 2.29. The second-order valence-electron chi connectivity index (χ2n) is 9.37. The van der Waals surface area contributed by atoms with E-state index in [1.54, 1.807) is 0 Å². The zero-order valence-electron chi connectivity index (χ0n) is 20.0. The van der Waals surface area contributed by atoms with E-state index in [1.807, 2.05) is 60.0 Å². The minimum Gasteiger partial charge on any atom is -0.379 e. The molecule has 1 aromatic heterocycles. The number of carbonyl (C=O) groups excluding carboxylic acids is 1. The number of ether oxygens (including phenoxy) is 1.